The van der Waals surface area contributed by atoms with Gasteiger partial charge < -0.3 is 14.4 Å². The molecular formula is C15H14NO4S-. The van der Waals surface area contributed by atoms with Gasteiger partial charge in [-0.3, -0.25) is 4.21 Å². The third-order valence-electron chi connectivity index (χ3n) is 3.00. The van der Waals surface area contributed by atoms with Crippen LogP contribution in [0.4, 0.5) is 5.69 Å². The van der Waals surface area contributed by atoms with Gasteiger partial charge in [-0.05, 0) is 48.2 Å². The summed E-state index contributed by atoms with van der Waals surface area (Å²) in [5.74, 6) is -0.944. The fourth-order valence-corrected chi connectivity index (χ4v) is 2.35. The Kier molecular flexibility index (Phi) is 5.08. The number of carbonyl (C=O) groups is 1. The number of carboxylic acids is 1. The van der Waals surface area contributed by atoms with Gasteiger partial charge in [0, 0.05) is 17.0 Å². The second-order valence-electron chi connectivity index (χ2n) is 4.54. The summed E-state index contributed by atoms with van der Waals surface area (Å²) in [7, 11) is 0. The second-order valence-corrected chi connectivity index (χ2v) is 5.22. The SMILES string of the molecule is O=C(O)c1cccc(CCc2cccc(NS(=O)[O-])c2)c1. The smallest absolute Gasteiger partial charge is 0.335 e. The van der Waals surface area contributed by atoms with Gasteiger partial charge in [-0.15, -0.1) is 0 Å². The molecule has 0 bridgehead atoms. The Hall–Kier alpha value is -2.18. The van der Waals surface area contributed by atoms with Crippen molar-refractivity contribution < 1.29 is 18.7 Å². The maximum Gasteiger partial charge on any atom is 0.335 e. The van der Waals surface area contributed by atoms with Gasteiger partial charge in [-0.2, -0.15) is 0 Å². The van der Waals surface area contributed by atoms with Crippen molar-refractivity contribution in [2.24, 2.45) is 0 Å². The predicted octanol–water partition coefficient (Wildman–Crippen LogP) is 2.38. The number of hydrogen-bond acceptors (Lipinski definition) is 3. The molecule has 1 atom stereocenters. The van der Waals surface area contributed by atoms with Gasteiger partial charge in [0.1, 0.15) is 0 Å². The molecule has 2 rings (SSSR count). The summed E-state index contributed by atoms with van der Waals surface area (Å²) in [6, 6.07) is 13.9. The molecule has 1 unspecified atom stereocenters. The van der Waals surface area contributed by atoms with E-state index in [9.17, 15) is 13.6 Å². The number of aryl methyl sites for hydroxylation is 2. The van der Waals surface area contributed by atoms with Crippen molar-refractivity contribution in [3.8, 4) is 0 Å². The van der Waals surface area contributed by atoms with E-state index >= 15 is 0 Å². The summed E-state index contributed by atoms with van der Waals surface area (Å²) in [6.45, 7) is 0. The number of nitrogens with one attached hydrogen (secondary N) is 1. The van der Waals surface area contributed by atoms with Gasteiger partial charge in [0.15, 0.2) is 0 Å². The fraction of sp³-hybridized carbons (Fsp3) is 0.133. The minimum absolute atomic E-state index is 0.268. The Morgan fingerprint density at radius 1 is 1.10 bits per heavy atom. The van der Waals surface area contributed by atoms with Crippen molar-refractivity contribution >= 4 is 22.9 Å². The topological polar surface area (TPSA) is 89.5 Å². The molecule has 0 saturated heterocycles. The van der Waals surface area contributed by atoms with E-state index in [-0.39, 0.29) is 5.56 Å². The molecule has 0 fully saturated rings. The van der Waals surface area contributed by atoms with Crippen LogP contribution in [0.3, 0.4) is 0 Å². The van der Waals surface area contributed by atoms with Crippen LogP contribution in [0, 0.1) is 0 Å². The van der Waals surface area contributed by atoms with Crippen LogP contribution in [0.15, 0.2) is 48.5 Å². The molecule has 0 spiro atoms. The van der Waals surface area contributed by atoms with E-state index in [1.165, 1.54) is 0 Å². The number of hydrogen-bond donors (Lipinski definition) is 2. The standard InChI is InChI=1S/C15H15NO4S/c17-15(18)13-5-1-3-11(9-13)7-8-12-4-2-6-14(10-12)16-21(19)20/h1-6,9-10,16H,7-8H2,(H,17,18)(H,19,20)/p-1. The Morgan fingerprint density at radius 3 is 2.33 bits per heavy atom. The first-order valence-electron chi connectivity index (χ1n) is 6.32. The quantitative estimate of drug-likeness (QED) is 0.802. The molecule has 0 aromatic heterocycles. The predicted molar refractivity (Wildman–Crippen MR) is 79.8 cm³/mol. The molecule has 2 N–H and O–H groups in total. The molecule has 0 saturated carbocycles. The summed E-state index contributed by atoms with van der Waals surface area (Å²) in [4.78, 5) is 10.9. The van der Waals surface area contributed by atoms with Crippen LogP contribution in [0.1, 0.15) is 21.5 Å². The van der Waals surface area contributed by atoms with Gasteiger partial charge in [0.25, 0.3) is 0 Å². The highest BCUT2D eigenvalue weighted by molar-refractivity contribution is 7.80. The molecular weight excluding hydrogens is 290 g/mol. The lowest BCUT2D eigenvalue weighted by atomic mass is 10.0. The zero-order valence-electron chi connectivity index (χ0n) is 11.1. The van der Waals surface area contributed by atoms with Crippen molar-refractivity contribution in [1.82, 2.24) is 0 Å². The first-order chi connectivity index (χ1) is 10.0. The third-order valence-corrected chi connectivity index (χ3v) is 3.41. The highest BCUT2D eigenvalue weighted by Crippen LogP contribution is 2.14. The van der Waals surface area contributed by atoms with Crippen molar-refractivity contribution in [3.63, 3.8) is 0 Å². The maximum atomic E-state index is 10.9. The lowest BCUT2D eigenvalue weighted by Crippen LogP contribution is -2.03. The average molecular weight is 304 g/mol. The van der Waals surface area contributed by atoms with Crippen LogP contribution in [-0.2, 0) is 24.1 Å². The Morgan fingerprint density at radius 2 is 1.71 bits per heavy atom. The zero-order valence-corrected chi connectivity index (χ0v) is 11.9. The molecule has 5 nitrogen and oxygen atoms in total. The molecule has 2 aromatic carbocycles. The van der Waals surface area contributed by atoms with E-state index < -0.39 is 17.2 Å². The summed E-state index contributed by atoms with van der Waals surface area (Å²) in [6.07, 6.45) is 1.38. The van der Waals surface area contributed by atoms with Crippen molar-refractivity contribution in [2.45, 2.75) is 12.8 Å². The third kappa shape index (κ3) is 4.70. The molecule has 21 heavy (non-hydrogen) atoms. The van der Waals surface area contributed by atoms with E-state index in [4.69, 9.17) is 5.11 Å². The van der Waals surface area contributed by atoms with Crippen molar-refractivity contribution in [1.29, 1.82) is 0 Å². The molecule has 110 valence electrons. The number of anilines is 1. The van der Waals surface area contributed by atoms with Crippen LogP contribution in [0.25, 0.3) is 0 Å². The molecule has 2 aromatic rings. The minimum atomic E-state index is -2.34. The molecule has 0 aliphatic carbocycles. The number of aromatic carboxylic acids is 1. The van der Waals surface area contributed by atoms with Crippen molar-refractivity contribution in [2.75, 3.05) is 4.72 Å². The molecule has 0 heterocycles. The maximum absolute atomic E-state index is 10.9. The molecule has 6 heteroatoms. The summed E-state index contributed by atoms with van der Waals surface area (Å²) in [5.41, 5.74) is 2.69. The summed E-state index contributed by atoms with van der Waals surface area (Å²) in [5, 5.41) is 8.95. The van der Waals surface area contributed by atoms with Gasteiger partial charge in [-0.1, -0.05) is 24.3 Å². The first-order valence-corrected chi connectivity index (χ1v) is 7.39. The van der Waals surface area contributed by atoms with Gasteiger partial charge in [-0.25, -0.2) is 4.79 Å². The normalized spacial score (nSPS) is 11.9. The van der Waals surface area contributed by atoms with E-state index in [2.05, 4.69) is 4.72 Å². The van der Waals surface area contributed by atoms with Crippen LogP contribution < -0.4 is 4.72 Å². The summed E-state index contributed by atoms with van der Waals surface area (Å²) < 4.78 is 23.5. The zero-order chi connectivity index (χ0) is 15.2. The minimum Gasteiger partial charge on any atom is -0.755 e. The van der Waals surface area contributed by atoms with Gasteiger partial charge in [0.05, 0.1) is 5.56 Å². The van der Waals surface area contributed by atoms with Crippen LogP contribution in [-0.4, -0.2) is 19.8 Å². The number of carboxylic acid groups (broad SMARTS) is 1. The van der Waals surface area contributed by atoms with E-state index in [1.807, 2.05) is 12.1 Å². The molecule has 0 aliphatic rings. The molecule has 0 radical (unpaired) electrons. The van der Waals surface area contributed by atoms with Gasteiger partial charge >= 0.3 is 5.97 Å². The van der Waals surface area contributed by atoms with E-state index in [1.54, 1.807) is 36.4 Å². The highest BCUT2D eigenvalue weighted by atomic mass is 32.2. The van der Waals surface area contributed by atoms with Crippen molar-refractivity contribution in [3.05, 3.63) is 65.2 Å². The Bertz CT molecular complexity index is 672. The van der Waals surface area contributed by atoms with Crippen LogP contribution in [0.5, 0.6) is 0 Å². The molecule has 0 aliphatic heterocycles. The number of benzene rings is 2. The average Bonchev–Trinajstić information content (AvgIpc) is 2.45. The first kappa shape index (κ1) is 15.2. The molecule has 0 amide bonds. The van der Waals surface area contributed by atoms with Crippen LogP contribution in [0.2, 0.25) is 0 Å². The Balaban J connectivity index is 2.04. The van der Waals surface area contributed by atoms with Gasteiger partial charge in [0.2, 0.25) is 0 Å². The Labute approximate surface area is 125 Å². The van der Waals surface area contributed by atoms with E-state index in [0.717, 1.165) is 11.1 Å². The fourth-order valence-electron chi connectivity index (χ4n) is 2.04. The highest BCUT2D eigenvalue weighted by Gasteiger charge is 2.03. The lowest BCUT2D eigenvalue weighted by Gasteiger charge is -2.10. The van der Waals surface area contributed by atoms with E-state index in [0.29, 0.717) is 18.5 Å². The van der Waals surface area contributed by atoms with Crippen LogP contribution >= 0.6 is 0 Å². The summed E-state index contributed by atoms with van der Waals surface area (Å²) >= 11 is -2.34. The second kappa shape index (κ2) is 7.01. The monoisotopic (exact) mass is 304 g/mol. The lowest BCUT2D eigenvalue weighted by molar-refractivity contribution is 0.0696. The number of rotatable bonds is 6. The largest absolute Gasteiger partial charge is 0.755 e.